The second kappa shape index (κ2) is 4.19. The molecule has 0 saturated carbocycles. The number of hydrogen-bond acceptors (Lipinski definition) is 3. The Morgan fingerprint density at radius 1 is 1.79 bits per heavy atom. The number of aliphatic hydroxyl groups is 1. The highest BCUT2D eigenvalue weighted by Crippen LogP contribution is 2.39. The van der Waals surface area contributed by atoms with Crippen molar-refractivity contribution in [3.05, 3.63) is 20.8 Å². The van der Waals surface area contributed by atoms with Crippen LogP contribution in [-0.4, -0.2) is 17.8 Å². The van der Waals surface area contributed by atoms with E-state index in [-0.39, 0.29) is 6.10 Å². The topological polar surface area (TPSA) is 32.3 Å². The Hall–Kier alpha value is -0.0900. The first kappa shape index (κ1) is 10.4. The summed E-state index contributed by atoms with van der Waals surface area (Å²) < 4.78 is 0.874. The van der Waals surface area contributed by atoms with Gasteiger partial charge in [-0.15, -0.1) is 11.3 Å². The standard InChI is InChI=1S/C10H14ClNOS/c1-6(13)5-12-8-2-3-9-7(8)4-10(11)14-9/h4,6,8,12-13H,2-3,5H2,1H3/t6-,8?/m0/s1. The molecule has 1 unspecified atom stereocenters. The van der Waals surface area contributed by atoms with Crippen LogP contribution >= 0.6 is 22.9 Å². The van der Waals surface area contributed by atoms with E-state index in [1.54, 1.807) is 18.3 Å². The van der Waals surface area contributed by atoms with Crippen LogP contribution in [0.25, 0.3) is 0 Å². The molecule has 1 aromatic rings. The Balaban J connectivity index is 2.02. The fraction of sp³-hybridized carbons (Fsp3) is 0.600. The lowest BCUT2D eigenvalue weighted by Crippen LogP contribution is -2.27. The van der Waals surface area contributed by atoms with Crippen LogP contribution in [0, 0.1) is 0 Å². The lowest BCUT2D eigenvalue weighted by atomic mass is 10.2. The summed E-state index contributed by atoms with van der Waals surface area (Å²) in [6.07, 6.45) is 1.96. The molecule has 14 heavy (non-hydrogen) atoms. The zero-order valence-corrected chi connectivity index (χ0v) is 9.66. The van der Waals surface area contributed by atoms with Crippen LogP contribution in [0.1, 0.15) is 29.8 Å². The van der Waals surface area contributed by atoms with Gasteiger partial charge in [0.25, 0.3) is 0 Å². The van der Waals surface area contributed by atoms with Gasteiger partial charge in [0, 0.05) is 17.5 Å². The van der Waals surface area contributed by atoms with E-state index in [9.17, 15) is 5.11 Å². The second-order valence-corrected chi connectivity index (χ2v) is 5.55. The summed E-state index contributed by atoms with van der Waals surface area (Å²) in [5.74, 6) is 0. The van der Waals surface area contributed by atoms with Gasteiger partial charge in [-0.1, -0.05) is 11.6 Å². The average molecular weight is 232 g/mol. The van der Waals surface area contributed by atoms with Crippen LogP contribution in [0.15, 0.2) is 6.07 Å². The van der Waals surface area contributed by atoms with E-state index in [2.05, 4.69) is 5.32 Å². The predicted octanol–water partition coefficient (Wildman–Crippen LogP) is 2.36. The second-order valence-electron chi connectivity index (χ2n) is 3.78. The van der Waals surface area contributed by atoms with Gasteiger partial charge in [-0.2, -0.15) is 0 Å². The molecule has 2 N–H and O–H groups in total. The molecule has 0 aromatic carbocycles. The minimum Gasteiger partial charge on any atom is -0.392 e. The van der Waals surface area contributed by atoms with Crippen molar-refractivity contribution in [3.63, 3.8) is 0 Å². The molecule has 0 fully saturated rings. The van der Waals surface area contributed by atoms with E-state index in [0.717, 1.165) is 17.2 Å². The van der Waals surface area contributed by atoms with Gasteiger partial charge in [-0.3, -0.25) is 0 Å². The molecule has 0 saturated heterocycles. The van der Waals surface area contributed by atoms with Crippen LogP contribution in [0.2, 0.25) is 4.34 Å². The van der Waals surface area contributed by atoms with Crippen molar-refractivity contribution in [2.75, 3.05) is 6.54 Å². The number of rotatable bonds is 3. The third kappa shape index (κ3) is 2.11. The Morgan fingerprint density at radius 3 is 3.29 bits per heavy atom. The number of halogens is 1. The largest absolute Gasteiger partial charge is 0.392 e. The van der Waals surface area contributed by atoms with E-state index < -0.39 is 0 Å². The highest BCUT2D eigenvalue weighted by Gasteiger charge is 2.24. The summed E-state index contributed by atoms with van der Waals surface area (Å²) in [5.41, 5.74) is 1.33. The van der Waals surface area contributed by atoms with Gasteiger partial charge >= 0.3 is 0 Å². The van der Waals surface area contributed by atoms with Crippen molar-refractivity contribution in [3.8, 4) is 0 Å². The molecule has 0 aliphatic heterocycles. The minimum absolute atomic E-state index is 0.284. The molecule has 1 aliphatic rings. The lowest BCUT2D eigenvalue weighted by molar-refractivity contribution is 0.186. The maximum Gasteiger partial charge on any atom is 0.0934 e. The SMILES string of the molecule is C[C@H](O)CNC1CCc2sc(Cl)cc21. The van der Waals surface area contributed by atoms with Crippen LogP contribution in [0.4, 0.5) is 0 Å². The molecule has 0 bridgehead atoms. The predicted molar refractivity (Wildman–Crippen MR) is 60.1 cm³/mol. The highest BCUT2D eigenvalue weighted by atomic mass is 35.5. The van der Waals surface area contributed by atoms with Gasteiger partial charge in [-0.05, 0) is 31.4 Å². The van der Waals surface area contributed by atoms with Gasteiger partial charge in [-0.25, -0.2) is 0 Å². The molecule has 0 spiro atoms. The van der Waals surface area contributed by atoms with Crippen molar-refractivity contribution in [1.82, 2.24) is 5.32 Å². The van der Waals surface area contributed by atoms with Gasteiger partial charge in [0.1, 0.15) is 0 Å². The maximum absolute atomic E-state index is 9.18. The molecule has 1 heterocycles. The van der Waals surface area contributed by atoms with Crippen LogP contribution in [0.5, 0.6) is 0 Å². The van der Waals surface area contributed by atoms with Crippen LogP contribution < -0.4 is 5.32 Å². The molecule has 2 atom stereocenters. The van der Waals surface area contributed by atoms with Gasteiger partial charge in [0.2, 0.25) is 0 Å². The Bertz CT molecular complexity index is 324. The van der Waals surface area contributed by atoms with E-state index in [1.807, 2.05) is 6.07 Å². The van der Waals surface area contributed by atoms with Gasteiger partial charge in [0.15, 0.2) is 0 Å². The molecule has 4 heteroatoms. The zero-order chi connectivity index (χ0) is 10.1. The normalized spacial score (nSPS) is 22.4. The van der Waals surface area contributed by atoms with Crippen molar-refractivity contribution in [1.29, 1.82) is 0 Å². The van der Waals surface area contributed by atoms with Gasteiger partial charge < -0.3 is 10.4 Å². The van der Waals surface area contributed by atoms with E-state index in [1.165, 1.54) is 10.4 Å². The molecule has 2 rings (SSSR count). The number of aryl methyl sites for hydroxylation is 1. The fourth-order valence-corrected chi connectivity index (χ4v) is 3.21. The van der Waals surface area contributed by atoms with Crippen molar-refractivity contribution < 1.29 is 5.11 Å². The first-order chi connectivity index (χ1) is 6.66. The Morgan fingerprint density at radius 2 is 2.57 bits per heavy atom. The molecule has 2 nitrogen and oxygen atoms in total. The summed E-state index contributed by atoms with van der Waals surface area (Å²) in [7, 11) is 0. The summed E-state index contributed by atoms with van der Waals surface area (Å²) in [5, 5.41) is 12.5. The summed E-state index contributed by atoms with van der Waals surface area (Å²) in [4.78, 5) is 1.40. The Labute approximate surface area is 92.9 Å². The number of thiophene rings is 1. The number of nitrogens with one attached hydrogen (secondary N) is 1. The first-order valence-electron chi connectivity index (χ1n) is 4.86. The van der Waals surface area contributed by atoms with Gasteiger partial charge in [0.05, 0.1) is 10.4 Å². The summed E-state index contributed by atoms with van der Waals surface area (Å²) >= 11 is 7.63. The Kier molecular flexibility index (Phi) is 3.12. The van der Waals surface area contributed by atoms with Crippen molar-refractivity contribution in [2.45, 2.75) is 31.9 Å². The number of hydrogen-bond donors (Lipinski definition) is 2. The molecule has 0 amide bonds. The quantitative estimate of drug-likeness (QED) is 0.837. The first-order valence-corrected chi connectivity index (χ1v) is 6.06. The highest BCUT2D eigenvalue weighted by molar-refractivity contribution is 7.16. The average Bonchev–Trinajstić information content (AvgIpc) is 2.60. The molecule has 78 valence electrons. The van der Waals surface area contributed by atoms with E-state index in [0.29, 0.717) is 12.6 Å². The molecular formula is C10H14ClNOS. The minimum atomic E-state index is -0.284. The molecule has 0 radical (unpaired) electrons. The van der Waals surface area contributed by atoms with E-state index >= 15 is 0 Å². The summed E-state index contributed by atoms with van der Waals surface area (Å²) in [6.45, 7) is 2.45. The number of aliphatic hydroxyl groups excluding tert-OH is 1. The number of fused-ring (bicyclic) bond motifs is 1. The third-order valence-electron chi connectivity index (χ3n) is 2.51. The zero-order valence-electron chi connectivity index (χ0n) is 8.09. The van der Waals surface area contributed by atoms with Crippen molar-refractivity contribution >= 4 is 22.9 Å². The monoisotopic (exact) mass is 231 g/mol. The third-order valence-corrected chi connectivity index (χ3v) is 3.85. The van der Waals surface area contributed by atoms with Crippen LogP contribution in [-0.2, 0) is 6.42 Å². The molecule has 1 aliphatic carbocycles. The summed E-state index contributed by atoms with van der Waals surface area (Å²) in [6, 6.07) is 2.44. The van der Waals surface area contributed by atoms with Crippen LogP contribution in [0.3, 0.4) is 0 Å². The molecule has 1 aromatic heterocycles. The molecular weight excluding hydrogens is 218 g/mol. The maximum atomic E-state index is 9.18. The van der Waals surface area contributed by atoms with Crippen molar-refractivity contribution in [2.24, 2.45) is 0 Å². The fourth-order valence-electron chi connectivity index (χ4n) is 1.85. The smallest absolute Gasteiger partial charge is 0.0934 e. The lowest BCUT2D eigenvalue weighted by Gasteiger charge is -2.13. The van der Waals surface area contributed by atoms with E-state index in [4.69, 9.17) is 11.6 Å².